The molecule has 112 valence electrons. The third-order valence-electron chi connectivity index (χ3n) is 2.77. The summed E-state index contributed by atoms with van der Waals surface area (Å²) in [6.45, 7) is 3.75. The molecule has 0 aliphatic carbocycles. The molecular formula is C15H19N3O2S. The molecule has 6 heteroatoms. The van der Waals surface area contributed by atoms with Gasteiger partial charge in [-0.25, -0.2) is 0 Å². The molecule has 0 aliphatic rings. The first-order valence-corrected chi connectivity index (χ1v) is 7.48. The molecule has 1 aromatic rings. The predicted octanol–water partition coefficient (Wildman–Crippen LogP) is 2.50. The largest absolute Gasteiger partial charge is 0.344 e. The smallest absolute Gasteiger partial charge is 0.235 e. The van der Waals surface area contributed by atoms with Gasteiger partial charge in [0.05, 0.1) is 17.7 Å². The molecule has 0 aliphatic heterocycles. The number of hydrogen-bond acceptors (Lipinski definition) is 4. The zero-order valence-electron chi connectivity index (χ0n) is 12.4. The van der Waals surface area contributed by atoms with Crippen molar-refractivity contribution < 1.29 is 9.59 Å². The van der Waals surface area contributed by atoms with Crippen molar-refractivity contribution in [2.75, 3.05) is 18.9 Å². The molecule has 0 saturated heterocycles. The Morgan fingerprint density at radius 3 is 2.52 bits per heavy atom. The number of thioether (sulfide) groups is 1. The highest BCUT2D eigenvalue weighted by molar-refractivity contribution is 8.00. The van der Waals surface area contributed by atoms with Gasteiger partial charge in [0, 0.05) is 31.1 Å². The molecule has 0 bridgehead atoms. The summed E-state index contributed by atoms with van der Waals surface area (Å²) in [6.07, 6.45) is 0.338. The van der Waals surface area contributed by atoms with Gasteiger partial charge in [0.1, 0.15) is 0 Å². The second-order valence-corrected chi connectivity index (χ2v) is 6.05. The second kappa shape index (κ2) is 8.32. The highest BCUT2D eigenvalue weighted by atomic mass is 32.2. The minimum Gasteiger partial charge on any atom is -0.344 e. The van der Waals surface area contributed by atoms with Gasteiger partial charge in [0.2, 0.25) is 11.8 Å². The Kier molecular flexibility index (Phi) is 6.76. The van der Waals surface area contributed by atoms with Crippen LogP contribution < -0.4 is 5.32 Å². The number of carbonyl (C=O) groups is 2. The van der Waals surface area contributed by atoms with Crippen LogP contribution in [0.2, 0.25) is 0 Å². The molecule has 0 radical (unpaired) electrons. The van der Waals surface area contributed by atoms with Crippen molar-refractivity contribution in [2.45, 2.75) is 30.4 Å². The van der Waals surface area contributed by atoms with Gasteiger partial charge in [0.25, 0.3) is 0 Å². The topological polar surface area (TPSA) is 73.2 Å². The minimum atomic E-state index is -0.222. The van der Waals surface area contributed by atoms with Crippen LogP contribution in [0.5, 0.6) is 0 Å². The molecule has 2 amide bonds. The fourth-order valence-electron chi connectivity index (χ4n) is 1.71. The van der Waals surface area contributed by atoms with E-state index in [0.29, 0.717) is 13.0 Å². The van der Waals surface area contributed by atoms with Crippen LogP contribution in [0.15, 0.2) is 29.2 Å². The molecule has 1 N–H and O–H groups in total. The van der Waals surface area contributed by atoms with Crippen LogP contribution in [0.3, 0.4) is 0 Å². The van der Waals surface area contributed by atoms with Gasteiger partial charge in [0.15, 0.2) is 0 Å². The van der Waals surface area contributed by atoms with E-state index < -0.39 is 0 Å². The van der Waals surface area contributed by atoms with Crippen molar-refractivity contribution in [1.82, 2.24) is 4.90 Å². The van der Waals surface area contributed by atoms with Crippen LogP contribution >= 0.6 is 11.8 Å². The van der Waals surface area contributed by atoms with Crippen molar-refractivity contribution >= 4 is 29.3 Å². The van der Waals surface area contributed by atoms with E-state index in [9.17, 15) is 9.59 Å². The lowest BCUT2D eigenvalue weighted by Crippen LogP contribution is -2.33. The number of benzene rings is 1. The number of hydrogen-bond donors (Lipinski definition) is 1. The Bertz CT molecular complexity index is 537. The monoisotopic (exact) mass is 305 g/mol. The summed E-state index contributed by atoms with van der Waals surface area (Å²) < 4.78 is 0. The maximum absolute atomic E-state index is 12.1. The standard InChI is InChI=1S/C15H19N3O2S/c1-11(15(20)18(3)10-4-9-16)21-14-7-5-13(6-8-14)17-12(2)19/h5-8,11H,4,10H2,1-3H3,(H,17,19). The summed E-state index contributed by atoms with van der Waals surface area (Å²) in [5.41, 5.74) is 0.733. The molecule has 0 saturated carbocycles. The van der Waals surface area contributed by atoms with Crippen molar-refractivity contribution in [1.29, 1.82) is 5.26 Å². The number of nitrogens with one attached hydrogen (secondary N) is 1. The lowest BCUT2D eigenvalue weighted by molar-refractivity contribution is -0.128. The molecule has 0 fully saturated rings. The first kappa shape index (κ1) is 17.1. The normalized spacial score (nSPS) is 11.3. The van der Waals surface area contributed by atoms with Gasteiger partial charge in [-0.3, -0.25) is 9.59 Å². The molecule has 0 aromatic heterocycles. The third kappa shape index (κ3) is 5.88. The Balaban J connectivity index is 2.58. The van der Waals surface area contributed by atoms with Crippen LogP contribution in [-0.4, -0.2) is 35.6 Å². The van der Waals surface area contributed by atoms with E-state index in [1.807, 2.05) is 25.1 Å². The van der Waals surface area contributed by atoms with E-state index in [4.69, 9.17) is 5.26 Å². The van der Waals surface area contributed by atoms with E-state index in [-0.39, 0.29) is 17.1 Å². The van der Waals surface area contributed by atoms with E-state index >= 15 is 0 Å². The number of nitriles is 1. The maximum Gasteiger partial charge on any atom is 0.235 e. The Morgan fingerprint density at radius 1 is 1.38 bits per heavy atom. The van der Waals surface area contributed by atoms with E-state index in [2.05, 4.69) is 5.32 Å². The molecular weight excluding hydrogens is 286 g/mol. The molecule has 0 heterocycles. The summed E-state index contributed by atoms with van der Waals surface area (Å²) in [5, 5.41) is 11.0. The minimum absolute atomic E-state index is 0.00110. The quantitative estimate of drug-likeness (QED) is 0.820. The van der Waals surface area contributed by atoms with Gasteiger partial charge in [-0.05, 0) is 31.2 Å². The van der Waals surface area contributed by atoms with Crippen molar-refractivity contribution in [3.05, 3.63) is 24.3 Å². The van der Waals surface area contributed by atoms with Crippen molar-refractivity contribution in [3.63, 3.8) is 0 Å². The van der Waals surface area contributed by atoms with E-state index in [1.165, 1.54) is 18.7 Å². The number of nitrogens with zero attached hydrogens (tertiary/aromatic N) is 2. The highest BCUT2D eigenvalue weighted by Crippen LogP contribution is 2.25. The van der Waals surface area contributed by atoms with Gasteiger partial charge in [-0.2, -0.15) is 5.26 Å². The average molecular weight is 305 g/mol. The number of rotatable bonds is 6. The highest BCUT2D eigenvalue weighted by Gasteiger charge is 2.18. The lowest BCUT2D eigenvalue weighted by Gasteiger charge is -2.20. The van der Waals surface area contributed by atoms with E-state index in [0.717, 1.165) is 10.6 Å². The summed E-state index contributed by atoms with van der Waals surface area (Å²) in [7, 11) is 1.70. The fourth-order valence-corrected chi connectivity index (χ4v) is 2.70. The zero-order valence-corrected chi connectivity index (χ0v) is 13.2. The Hall–Kier alpha value is -2.00. The van der Waals surface area contributed by atoms with Gasteiger partial charge in [-0.15, -0.1) is 11.8 Å². The van der Waals surface area contributed by atoms with Crippen LogP contribution in [-0.2, 0) is 9.59 Å². The zero-order chi connectivity index (χ0) is 15.8. The number of anilines is 1. The van der Waals surface area contributed by atoms with Gasteiger partial charge >= 0.3 is 0 Å². The fraction of sp³-hybridized carbons (Fsp3) is 0.400. The number of carbonyl (C=O) groups excluding carboxylic acids is 2. The number of amides is 2. The first-order chi connectivity index (χ1) is 9.93. The Morgan fingerprint density at radius 2 is 2.00 bits per heavy atom. The molecule has 0 spiro atoms. The van der Waals surface area contributed by atoms with Crippen molar-refractivity contribution in [3.8, 4) is 6.07 Å². The molecule has 1 rings (SSSR count). The van der Waals surface area contributed by atoms with Crippen LogP contribution in [0.4, 0.5) is 5.69 Å². The van der Waals surface area contributed by atoms with Crippen LogP contribution in [0, 0.1) is 11.3 Å². The lowest BCUT2D eigenvalue weighted by atomic mass is 10.3. The second-order valence-electron chi connectivity index (χ2n) is 4.63. The maximum atomic E-state index is 12.1. The summed E-state index contributed by atoms with van der Waals surface area (Å²) in [4.78, 5) is 25.6. The summed E-state index contributed by atoms with van der Waals surface area (Å²) >= 11 is 1.45. The van der Waals surface area contributed by atoms with Gasteiger partial charge in [-0.1, -0.05) is 0 Å². The summed E-state index contributed by atoms with van der Waals surface area (Å²) in [6, 6.07) is 9.38. The average Bonchev–Trinajstić information content (AvgIpc) is 2.45. The van der Waals surface area contributed by atoms with Crippen molar-refractivity contribution in [2.24, 2.45) is 0 Å². The molecule has 5 nitrogen and oxygen atoms in total. The Labute approximate surface area is 129 Å². The third-order valence-corrected chi connectivity index (χ3v) is 3.87. The molecule has 21 heavy (non-hydrogen) atoms. The molecule has 1 atom stereocenters. The van der Waals surface area contributed by atoms with Crippen LogP contribution in [0.1, 0.15) is 20.3 Å². The predicted molar refractivity (Wildman–Crippen MR) is 83.9 cm³/mol. The van der Waals surface area contributed by atoms with E-state index in [1.54, 1.807) is 24.1 Å². The van der Waals surface area contributed by atoms with Crippen LogP contribution in [0.25, 0.3) is 0 Å². The SMILES string of the molecule is CC(=O)Nc1ccc(SC(C)C(=O)N(C)CCC#N)cc1. The molecule has 1 aromatic carbocycles. The first-order valence-electron chi connectivity index (χ1n) is 6.60. The van der Waals surface area contributed by atoms with Gasteiger partial charge < -0.3 is 10.2 Å². The molecule has 1 unspecified atom stereocenters. The summed E-state index contributed by atoms with van der Waals surface area (Å²) in [5.74, 6) is -0.112.